The molecule has 0 aromatic heterocycles. The molecule has 1 saturated heterocycles. The summed E-state index contributed by atoms with van der Waals surface area (Å²) in [5.74, 6) is 0.657. The minimum absolute atomic E-state index is 0.380. The van der Waals surface area contributed by atoms with Gasteiger partial charge in [-0.15, -0.1) is 0 Å². The van der Waals surface area contributed by atoms with Gasteiger partial charge in [-0.25, -0.2) is 0 Å². The molecule has 1 aliphatic heterocycles. The van der Waals surface area contributed by atoms with Crippen LogP contribution < -0.4 is 5.73 Å². The molecule has 3 heteroatoms. The van der Waals surface area contributed by atoms with Crippen LogP contribution in [0.3, 0.4) is 0 Å². The van der Waals surface area contributed by atoms with E-state index in [2.05, 4.69) is 18.7 Å². The second kappa shape index (κ2) is 4.40. The van der Waals surface area contributed by atoms with Crippen LogP contribution in [0.25, 0.3) is 0 Å². The number of rotatable bonds is 4. The van der Waals surface area contributed by atoms with Gasteiger partial charge in [-0.3, -0.25) is 0 Å². The quantitative estimate of drug-likeness (QED) is 0.697. The number of likely N-dealkylation sites (tertiary alicyclic amines) is 1. The molecular formula is C10H22N2O. The largest absolute Gasteiger partial charge is 0.384 e. The third-order valence-corrected chi connectivity index (χ3v) is 3.03. The lowest BCUT2D eigenvalue weighted by Crippen LogP contribution is -2.28. The maximum atomic E-state index is 5.54. The Morgan fingerprint density at radius 1 is 1.54 bits per heavy atom. The van der Waals surface area contributed by atoms with Gasteiger partial charge >= 0.3 is 0 Å². The lowest BCUT2D eigenvalue weighted by Gasteiger charge is -2.24. The highest BCUT2D eigenvalue weighted by Gasteiger charge is 2.38. The number of methoxy groups -OCH3 is 1. The summed E-state index contributed by atoms with van der Waals surface area (Å²) in [6.07, 6.45) is 0. The van der Waals surface area contributed by atoms with E-state index in [1.165, 1.54) is 0 Å². The Balaban J connectivity index is 2.47. The van der Waals surface area contributed by atoms with Crippen LogP contribution in [0.5, 0.6) is 0 Å². The lowest BCUT2D eigenvalue weighted by molar-refractivity contribution is 0.112. The van der Waals surface area contributed by atoms with Crippen LogP contribution in [-0.2, 0) is 4.74 Å². The molecule has 1 unspecified atom stereocenters. The van der Waals surface area contributed by atoms with Crippen LogP contribution >= 0.6 is 0 Å². The minimum Gasteiger partial charge on any atom is -0.384 e. The van der Waals surface area contributed by atoms with Crippen molar-refractivity contribution in [2.75, 3.05) is 39.9 Å². The van der Waals surface area contributed by atoms with Crippen LogP contribution in [0.15, 0.2) is 0 Å². The van der Waals surface area contributed by atoms with Gasteiger partial charge in [0.15, 0.2) is 0 Å². The molecule has 0 aromatic rings. The summed E-state index contributed by atoms with van der Waals surface area (Å²) >= 11 is 0. The zero-order chi connectivity index (χ0) is 9.90. The molecule has 1 fully saturated rings. The van der Waals surface area contributed by atoms with Gasteiger partial charge in [-0.05, 0) is 5.41 Å². The van der Waals surface area contributed by atoms with Gasteiger partial charge in [-0.1, -0.05) is 13.8 Å². The van der Waals surface area contributed by atoms with Crippen LogP contribution in [0, 0.1) is 11.3 Å². The number of ether oxygens (including phenoxy) is 1. The van der Waals surface area contributed by atoms with Crippen LogP contribution in [0.4, 0.5) is 0 Å². The number of hydrogen-bond acceptors (Lipinski definition) is 3. The fraction of sp³-hybridized carbons (Fsp3) is 1.00. The van der Waals surface area contributed by atoms with E-state index in [9.17, 15) is 0 Å². The Bertz CT molecular complexity index is 159. The fourth-order valence-electron chi connectivity index (χ4n) is 2.16. The van der Waals surface area contributed by atoms with Crippen molar-refractivity contribution in [1.29, 1.82) is 0 Å². The smallest absolute Gasteiger partial charge is 0.0508 e. The molecule has 0 radical (unpaired) electrons. The zero-order valence-corrected chi connectivity index (χ0v) is 9.05. The number of nitrogens with two attached hydrogens (primary N) is 1. The van der Waals surface area contributed by atoms with Crippen molar-refractivity contribution >= 4 is 0 Å². The van der Waals surface area contributed by atoms with Crippen molar-refractivity contribution in [3.63, 3.8) is 0 Å². The maximum Gasteiger partial charge on any atom is 0.0508 e. The van der Waals surface area contributed by atoms with Crippen LogP contribution in [0.2, 0.25) is 0 Å². The van der Waals surface area contributed by atoms with Gasteiger partial charge in [0.05, 0.1) is 6.61 Å². The molecule has 0 spiro atoms. The van der Waals surface area contributed by atoms with Gasteiger partial charge in [0.25, 0.3) is 0 Å². The van der Waals surface area contributed by atoms with Crippen molar-refractivity contribution in [3.8, 4) is 0 Å². The van der Waals surface area contributed by atoms with Crippen molar-refractivity contribution in [2.45, 2.75) is 13.8 Å². The van der Waals surface area contributed by atoms with E-state index in [1.54, 1.807) is 7.11 Å². The molecular weight excluding hydrogens is 164 g/mol. The average molecular weight is 186 g/mol. The van der Waals surface area contributed by atoms with E-state index in [4.69, 9.17) is 10.5 Å². The Morgan fingerprint density at radius 2 is 2.23 bits per heavy atom. The van der Waals surface area contributed by atoms with E-state index in [-0.39, 0.29) is 0 Å². The molecule has 2 N–H and O–H groups in total. The summed E-state index contributed by atoms with van der Waals surface area (Å²) in [6, 6.07) is 0. The van der Waals surface area contributed by atoms with Crippen LogP contribution in [-0.4, -0.2) is 44.8 Å². The third-order valence-electron chi connectivity index (χ3n) is 3.03. The first-order valence-corrected chi connectivity index (χ1v) is 5.01. The maximum absolute atomic E-state index is 5.54. The van der Waals surface area contributed by atoms with E-state index in [0.717, 1.165) is 32.8 Å². The van der Waals surface area contributed by atoms with Crippen molar-refractivity contribution in [3.05, 3.63) is 0 Å². The first kappa shape index (κ1) is 11.0. The third kappa shape index (κ3) is 2.66. The summed E-state index contributed by atoms with van der Waals surface area (Å²) in [7, 11) is 1.78. The Kier molecular flexibility index (Phi) is 3.71. The monoisotopic (exact) mass is 186 g/mol. The van der Waals surface area contributed by atoms with Gasteiger partial charge in [0, 0.05) is 39.2 Å². The number of nitrogens with zero attached hydrogens (tertiary/aromatic N) is 1. The standard InChI is InChI=1S/C10H22N2O/c1-10(2)8-12(5-4-11)6-9(10)7-13-3/h9H,4-8,11H2,1-3H3. The molecule has 13 heavy (non-hydrogen) atoms. The molecule has 78 valence electrons. The lowest BCUT2D eigenvalue weighted by atomic mass is 9.83. The second-order valence-electron chi connectivity index (χ2n) is 4.66. The average Bonchev–Trinajstić information content (AvgIpc) is 2.28. The number of hydrogen-bond donors (Lipinski definition) is 1. The van der Waals surface area contributed by atoms with E-state index in [1.807, 2.05) is 0 Å². The van der Waals surface area contributed by atoms with Crippen molar-refractivity contribution in [1.82, 2.24) is 4.90 Å². The van der Waals surface area contributed by atoms with E-state index >= 15 is 0 Å². The summed E-state index contributed by atoms with van der Waals surface area (Å²) in [4.78, 5) is 2.43. The molecule has 0 saturated carbocycles. The molecule has 1 heterocycles. The van der Waals surface area contributed by atoms with E-state index in [0.29, 0.717) is 11.3 Å². The topological polar surface area (TPSA) is 38.5 Å². The van der Waals surface area contributed by atoms with Crippen LogP contribution in [0.1, 0.15) is 13.8 Å². The Labute approximate surface area is 81.2 Å². The van der Waals surface area contributed by atoms with Crippen molar-refractivity contribution in [2.24, 2.45) is 17.1 Å². The molecule has 1 atom stereocenters. The molecule has 0 aliphatic carbocycles. The molecule has 0 aromatic carbocycles. The molecule has 1 aliphatic rings. The Hall–Kier alpha value is -0.120. The molecule has 0 amide bonds. The van der Waals surface area contributed by atoms with E-state index < -0.39 is 0 Å². The second-order valence-corrected chi connectivity index (χ2v) is 4.66. The first-order chi connectivity index (χ1) is 6.10. The molecule has 1 rings (SSSR count). The van der Waals surface area contributed by atoms with Crippen molar-refractivity contribution < 1.29 is 4.74 Å². The van der Waals surface area contributed by atoms with Gasteiger partial charge in [0.1, 0.15) is 0 Å². The van der Waals surface area contributed by atoms with Gasteiger partial charge in [0.2, 0.25) is 0 Å². The predicted octanol–water partition coefficient (Wildman–Crippen LogP) is 0.550. The van der Waals surface area contributed by atoms with Gasteiger partial charge in [-0.2, -0.15) is 0 Å². The minimum atomic E-state index is 0.380. The summed E-state index contributed by atoms with van der Waals surface area (Å²) in [6.45, 7) is 9.56. The highest BCUT2D eigenvalue weighted by atomic mass is 16.5. The molecule has 3 nitrogen and oxygen atoms in total. The highest BCUT2D eigenvalue weighted by molar-refractivity contribution is 4.90. The van der Waals surface area contributed by atoms with Gasteiger partial charge < -0.3 is 15.4 Å². The summed E-state index contributed by atoms with van der Waals surface area (Å²) in [5.41, 5.74) is 5.92. The summed E-state index contributed by atoms with van der Waals surface area (Å²) < 4.78 is 5.23. The summed E-state index contributed by atoms with van der Waals surface area (Å²) in [5, 5.41) is 0. The zero-order valence-electron chi connectivity index (χ0n) is 9.05. The molecule has 0 bridgehead atoms. The fourth-order valence-corrected chi connectivity index (χ4v) is 2.16. The predicted molar refractivity (Wildman–Crippen MR) is 54.6 cm³/mol. The Morgan fingerprint density at radius 3 is 2.77 bits per heavy atom. The highest BCUT2D eigenvalue weighted by Crippen LogP contribution is 2.34. The SMILES string of the molecule is COCC1CN(CCN)CC1(C)C. The first-order valence-electron chi connectivity index (χ1n) is 5.01. The normalized spacial score (nSPS) is 28.2.